The average Bonchev–Trinajstić information content (AvgIpc) is 2.04. The highest BCUT2D eigenvalue weighted by Gasteiger charge is 2.12. The third-order valence-corrected chi connectivity index (χ3v) is 1.74. The van der Waals surface area contributed by atoms with E-state index in [-0.39, 0.29) is 0 Å². The molecule has 3 N–H and O–H groups in total. The molecule has 0 saturated carbocycles. The van der Waals surface area contributed by atoms with Crippen LogP contribution in [0.25, 0.3) is 0 Å². The van der Waals surface area contributed by atoms with Crippen molar-refractivity contribution >= 4 is 11.4 Å². The van der Waals surface area contributed by atoms with Crippen LogP contribution in [-0.2, 0) is 0 Å². The Balaban J connectivity index is 2.34. The van der Waals surface area contributed by atoms with E-state index < -0.39 is 6.23 Å². The first kappa shape index (κ1) is 6.49. The number of hydrogen-bond donors (Lipinski definition) is 3. The molecule has 1 aliphatic heterocycles. The number of aliphatic hydroxyl groups is 1. The van der Waals surface area contributed by atoms with Gasteiger partial charge in [-0.25, -0.2) is 0 Å². The highest BCUT2D eigenvalue weighted by molar-refractivity contribution is 5.70. The monoisotopic (exact) mass is 150 g/mol. The van der Waals surface area contributed by atoms with Crippen LogP contribution in [0.3, 0.4) is 0 Å². The van der Waals surface area contributed by atoms with Crippen LogP contribution in [-0.4, -0.2) is 17.9 Å². The maximum absolute atomic E-state index is 9.18. The number of benzene rings is 1. The van der Waals surface area contributed by atoms with Crippen LogP contribution in [0.15, 0.2) is 24.3 Å². The SMILES string of the molecule is OC1CNc2ccccc2N1. The van der Waals surface area contributed by atoms with Crippen LogP contribution in [0.1, 0.15) is 0 Å². The van der Waals surface area contributed by atoms with E-state index in [0.717, 1.165) is 11.4 Å². The molecule has 1 aromatic carbocycles. The van der Waals surface area contributed by atoms with Gasteiger partial charge in [0.2, 0.25) is 0 Å². The van der Waals surface area contributed by atoms with Crippen molar-refractivity contribution in [1.82, 2.24) is 0 Å². The Morgan fingerprint density at radius 3 is 2.82 bits per heavy atom. The van der Waals surface area contributed by atoms with Gasteiger partial charge in [0.15, 0.2) is 0 Å². The standard InChI is InChI=1S/C8H10N2O/c11-8-5-9-6-3-1-2-4-7(6)10-8/h1-4,8-11H,5H2. The van der Waals surface area contributed by atoms with Crippen LogP contribution in [0.4, 0.5) is 11.4 Å². The number of para-hydroxylation sites is 2. The third kappa shape index (κ3) is 1.14. The van der Waals surface area contributed by atoms with Gasteiger partial charge in [0.25, 0.3) is 0 Å². The molecule has 1 heterocycles. The number of aliphatic hydroxyl groups excluding tert-OH is 1. The molecule has 0 saturated heterocycles. The van der Waals surface area contributed by atoms with Gasteiger partial charge < -0.3 is 15.7 Å². The van der Waals surface area contributed by atoms with Gasteiger partial charge in [-0.05, 0) is 12.1 Å². The van der Waals surface area contributed by atoms with Crippen molar-refractivity contribution in [3.63, 3.8) is 0 Å². The first-order valence-electron chi connectivity index (χ1n) is 3.64. The van der Waals surface area contributed by atoms with E-state index in [1.807, 2.05) is 24.3 Å². The van der Waals surface area contributed by atoms with Crippen LogP contribution < -0.4 is 10.6 Å². The van der Waals surface area contributed by atoms with E-state index in [1.54, 1.807) is 0 Å². The van der Waals surface area contributed by atoms with Crippen molar-refractivity contribution in [2.45, 2.75) is 6.23 Å². The van der Waals surface area contributed by atoms with Gasteiger partial charge in [-0.1, -0.05) is 12.1 Å². The minimum absolute atomic E-state index is 0.468. The molecule has 1 aromatic rings. The highest BCUT2D eigenvalue weighted by atomic mass is 16.3. The minimum Gasteiger partial charge on any atom is -0.379 e. The molecule has 2 rings (SSSR count). The number of nitrogens with one attached hydrogen (secondary N) is 2. The first-order valence-corrected chi connectivity index (χ1v) is 3.64. The second-order valence-electron chi connectivity index (χ2n) is 2.59. The Morgan fingerprint density at radius 2 is 2.00 bits per heavy atom. The Bertz CT molecular complexity index is 262. The summed E-state index contributed by atoms with van der Waals surface area (Å²) in [6.45, 7) is 0.566. The zero-order chi connectivity index (χ0) is 7.68. The third-order valence-electron chi connectivity index (χ3n) is 1.74. The van der Waals surface area contributed by atoms with Crippen LogP contribution in [0.2, 0.25) is 0 Å². The molecule has 11 heavy (non-hydrogen) atoms. The normalized spacial score (nSPS) is 21.4. The van der Waals surface area contributed by atoms with E-state index in [4.69, 9.17) is 0 Å². The summed E-state index contributed by atoms with van der Waals surface area (Å²) in [5, 5.41) is 15.2. The molecule has 58 valence electrons. The first-order chi connectivity index (χ1) is 5.36. The van der Waals surface area contributed by atoms with E-state index >= 15 is 0 Å². The summed E-state index contributed by atoms with van der Waals surface area (Å²) < 4.78 is 0. The summed E-state index contributed by atoms with van der Waals surface area (Å²) in [6, 6.07) is 7.82. The maximum atomic E-state index is 9.18. The molecular weight excluding hydrogens is 140 g/mol. The molecule has 0 aliphatic carbocycles. The molecule has 3 heteroatoms. The van der Waals surface area contributed by atoms with E-state index in [1.165, 1.54) is 0 Å². The molecule has 0 amide bonds. The fourth-order valence-electron chi connectivity index (χ4n) is 1.20. The van der Waals surface area contributed by atoms with Crippen molar-refractivity contribution in [3.05, 3.63) is 24.3 Å². The minimum atomic E-state index is -0.468. The summed E-state index contributed by atoms with van der Waals surface area (Å²) in [4.78, 5) is 0. The molecule has 1 unspecified atom stereocenters. The van der Waals surface area contributed by atoms with Gasteiger partial charge in [0.1, 0.15) is 6.23 Å². The van der Waals surface area contributed by atoms with Gasteiger partial charge in [0, 0.05) is 0 Å². The summed E-state index contributed by atoms with van der Waals surface area (Å²) in [7, 11) is 0. The Kier molecular flexibility index (Phi) is 1.43. The Labute approximate surface area is 65.0 Å². The highest BCUT2D eigenvalue weighted by Crippen LogP contribution is 2.24. The van der Waals surface area contributed by atoms with Crippen LogP contribution >= 0.6 is 0 Å². The van der Waals surface area contributed by atoms with Gasteiger partial charge in [-0.3, -0.25) is 0 Å². The molecule has 0 fully saturated rings. The second-order valence-corrected chi connectivity index (χ2v) is 2.59. The summed E-state index contributed by atoms with van der Waals surface area (Å²) in [5.74, 6) is 0. The smallest absolute Gasteiger partial charge is 0.141 e. The maximum Gasteiger partial charge on any atom is 0.141 e. The lowest BCUT2D eigenvalue weighted by atomic mass is 10.2. The lowest BCUT2D eigenvalue weighted by molar-refractivity contribution is 0.214. The topological polar surface area (TPSA) is 44.3 Å². The van der Waals surface area contributed by atoms with Gasteiger partial charge in [-0.2, -0.15) is 0 Å². The van der Waals surface area contributed by atoms with Gasteiger partial charge in [0.05, 0.1) is 17.9 Å². The van der Waals surface area contributed by atoms with Crippen molar-refractivity contribution in [1.29, 1.82) is 0 Å². The molecule has 3 nitrogen and oxygen atoms in total. The van der Waals surface area contributed by atoms with Crippen molar-refractivity contribution in [2.75, 3.05) is 17.2 Å². The van der Waals surface area contributed by atoms with E-state index in [0.29, 0.717) is 6.54 Å². The van der Waals surface area contributed by atoms with Crippen molar-refractivity contribution < 1.29 is 5.11 Å². The van der Waals surface area contributed by atoms with Gasteiger partial charge in [-0.15, -0.1) is 0 Å². The van der Waals surface area contributed by atoms with E-state index in [9.17, 15) is 5.11 Å². The number of β-amino-alcohol motifs (C(OH)–C–C–N with tert-alkyl or cyclic N) is 1. The van der Waals surface area contributed by atoms with Crippen molar-refractivity contribution in [2.24, 2.45) is 0 Å². The average molecular weight is 150 g/mol. The second kappa shape index (κ2) is 2.43. The molecular formula is C8H10N2O. The molecule has 0 bridgehead atoms. The molecule has 0 spiro atoms. The fraction of sp³-hybridized carbons (Fsp3) is 0.250. The van der Waals surface area contributed by atoms with Crippen LogP contribution in [0, 0.1) is 0 Å². The quantitative estimate of drug-likeness (QED) is 0.513. The summed E-state index contributed by atoms with van der Waals surface area (Å²) >= 11 is 0. The summed E-state index contributed by atoms with van der Waals surface area (Å²) in [5.41, 5.74) is 2.02. The zero-order valence-electron chi connectivity index (χ0n) is 6.04. The van der Waals surface area contributed by atoms with Crippen LogP contribution in [0.5, 0.6) is 0 Å². The lowest BCUT2D eigenvalue weighted by Crippen LogP contribution is -2.32. The van der Waals surface area contributed by atoms with Gasteiger partial charge >= 0.3 is 0 Å². The molecule has 1 atom stereocenters. The lowest BCUT2D eigenvalue weighted by Gasteiger charge is -2.24. The fourth-order valence-corrected chi connectivity index (χ4v) is 1.20. The predicted molar refractivity (Wildman–Crippen MR) is 44.6 cm³/mol. The predicted octanol–water partition coefficient (Wildman–Crippen LogP) is 0.842. The Hall–Kier alpha value is -1.22. The number of hydrogen-bond acceptors (Lipinski definition) is 3. The Morgan fingerprint density at radius 1 is 1.27 bits per heavy atom. The molecule has 1 aliphatic rings. The number of rotatable bonds is 0. The zero-order valence-corrected chi connectivity index (χ0v) is 6.04. The van der Waals surface area contributed by atoms with Crippen molar-refractivity contribution in [3.8, 4) is 0 Å². The largest absolute Gasteiger partial charge is 0.379 e. The molecule has 0 aromatic heterocycles. The molecule has 0 radical (unpaired) electrons. The number of anilines is 2. The summed E-state index contributed by atoms with van der Waals surface area (Å²) in [6.07, 6.45) is -0.468. The number of fused-ring (bicyclic) bond motifs is 1. The van der Waals surface area contributed by atoms with E-state index in [2.05, 4.69) is 10.6 Å².